The van der Waals surface area contributed by atoms with Crippen molar-refractivity contribution >= 4 is 29.7 Å². The Morgan fingerprint density at radius 1 is 1.62 bits per heavy atom. The second-order valence-electron chi connectivity index (χ2n) is 4.15. The number of hydrogen-bond acceptors (Lipinski definition) is 3. The number of amides is 2. The molecule has 0 aliphatic carbocycles. The zero-order valence-electron chi connectivity index (χ0n) is 10.3. The SMILES string of the molecule is CCCC[N+]1(C(=O)N(C)C)N=CN(C)C1=S. The fraction of sp³-hybridized carbons (Fsp3) is 0.700. The highest BCUT2D eigenvalue weighted by Gasteiger charge is 2.48. The standard InChI is InChI=1S/C10H19N4OS/c1-5-6-7-14(9(15)12(2)3)10(16)13(4)8-11-14/h8H,5-7H2,1-4H3/q+1. The van der Waals surface area contributed by atoms with Crippen LogP contribution in [0, 0.1) is 0 Å². The van der Waals surface area contributed by atoms with E-state index in [0.717, 1.165) is 12.8 Å². The van der Waals surface area contributed by atoms with Gasteiger partial charge in [0.2, 0.25) is 0 Å². The molecule has 1 atom stereocenters. The summed E-state index contributed by atoms with van der Waals surface area (Å²) in [6.07, 6.45) is 3.56. The van der Waals surface area contributed by atoms with Crippen molar-refractivity contribution in [2.75, 3.05) is 27.7 Å². The molecule has 1 aliphatic heterocycles. The van der Waals surface area contributed by atoms with Gasteiger partial charge < -0.3 is 0 Å². The highest BCUT2D eigenvalue weighted by atomic mass is 32.1. The normalized spacial score (nSPS) is 24.0. The maximum atomic E-state index is 12.2. The molecule has 6 heteroatoms. The van der Waals surface area contributed by atoms with Crippen LogP contribution in [0.2, 0.25) is 0 Å². The fourth-order valence-corrected chi connectivity index (χ4v) is 1.89. The van der Waals surface area contributed by atoms with E-state index in [1.54, 1.807) is 30.2 Å². The van der Waals surface area contributed by atoms with Gasteiger partial charge >= 0.3 is 11.1 Å². The molecule has 1 unspecified atom stereocenters. The molecule has 1 aliphatic rings. The van der Waals surface area contributed by atoms with Crippen LogP contribution in [0.15, 0.2) is 5.10 Å². The number of thiocarbonyl (C=S) groups is 1. The molecule has 0 radical (unpaired) electrons. The molecule has 0 spiro atoms. The number of carbonyl (C=O) groups is 1. The molecule has 0 aromatic carbocycles. The van der Waals surface area contributed by atoms with Gasteiger partial charge in [0.15, 0.2) is 6.34 Å². The van der Waals surface area contributed by atoms with Crippen molar-refractivity contribution in [3.8, 4) is 0 Å². The average molecular weight is 243 g/mol. The van der Waals surface area contributed by atoms with Crippen LogP contribution in [-0.4, -0.2) is 59.6 Å². The monoisotopic (exact) mass is 243 g/mol. The first kappa shape index (κ1) is 13.1. The van der Waals surface area contributed by atoms with Crippen molar-refractivity contribution < 1.29 is 9.39 Å². The third kappa shape index (κ3) is 2.08. The van der Waals surface area contributed by atoms with E-state index < -0.39 is 0 Å². The molecule has 0 bridgehead atoms. The Kier molecular flexibility index (Phi) is 3.98. The number of quaternary nitrogens is 1. The Hall–Kier alpha value is -1.01. The predicted molar refractivity (Wildman–Crippen MR) is 68.0 cm³/mol. The van der Waals surface area contributed by atoms with Crippen molar-refractivity contribution in [2.45, 2.75) is 19.8 Å². The van der Waals surface area contributed by atoms with Crippen molar-refractivity contribution in [3.05, 3.63) is 0 Å². The van der Waals surface area contributed by atoms with Crippen LogP contribution in [0.1, 0.15) is 19.8 Å². The van der Waals surface area contributed by atoms with Crippen molar-refractivity contribution in [1.82, 2.24) is 9.80 Å². The van der Waals surface area contributed by atoms with Gasteiger partial charge in [-0.25, -0.2) is 4.79 Å². The Morgan fingerprint density at radius 3 is 2.62 bits per heavy atom. The maximum absolute atomic E-state index is 12.2. The third-order valence-corrected chi connectivity index (χ3v) is 3.16. The minimum Gasteiger partial charge on any atom is -0.296 e. The molecular formula is C10H19N4OS+. The summed E-state index contributed by atoms with van der Waals surface area (Å²) in [4.78, 5) is 15.5. The quantitative estimate of drug-likeness (QED) is 0.556. The van der Waals surface area contributed by atoms with Crippen molar-refractivity contribution in [3.63, 3.8) is 0 Å². The van der Waals surface area contributed by atoms with Crippen LogP contribution in [0.25, 0.3) is 0 Å². The summed E-state index contributed by atoms with van der Waals surface area (Å²) in [5.41, 5.74) is 0. The lowest BCUT2D eigenvalue weighted by molar-refractivity contribution is -0.766. The number of rotatable bonds is 3. The molecule has 0 saturated heterocycles. The molecule has 1 rings (SSSR count). The van der Waals surface area contributed by atoms with E-state index in [0.29, 0.717) is 11.7 Å². The second-order valence-corrected chi connectivity index (χ2v) is 4.51. The molecule has 0 N–H and O–H groups in total. The summed E-state index contributed by atoms with van der Waals surface area (Å²) in [5, 5.41) is 4.84. The number of carbonyl (C=O) groups excluding carboxylic acids is 1. The Bertz CT molecular complexity index is 329. The molecule has 5 nitrogen and oxygen atoms in total. The van der Waals surface area contributed by atoms with Gasteiger partial charge in [0.05, 0.1) is 0 Å². The van der Waals surface area contributed by atoms with E-state index in [1.165, 1.54) is 0 Å². The van der Waals surface area contributed by atoms with Crippen LogP contribution in [-0.2, 0) is 0 Å². The van der Waals surface area contributed by atoms with Gasteiger partial charge in [-0.2, -0.15) is 0 Å². The van der Waals surface area contributed by atoms with Crippen LogP contribution < -0.4 is 0 Å². The summed E-state index contributed by atoms with van der Waals surface area (Å²) in [5.74, 6) is 0. The zero-order valence-corrected chi connectivity index (χ0v) is 11.1. The van der Waals surface area contributed by atoms with E-state index >= 15 is 0 Å². The molecule has 1 heterocycles. The van der Waals surface area contributed by atoms with Crippen LogP contribution in [0.4, 0.5) is 4.79 Å². The van der Waals surface area contributed by atoms with Gasteiger partial charge in [-0.3, -0.25) is 9.80 Å². The molecule has 0 saturated carbocycles. The highest BCUT2D eigenvalue weighted by Crippen LogP contribution is 2.21. The largest absolute Gasteiger partial charge is 0.452 e. The van der Waals surface area contributed by atoms with E-state index in [2.05, 4.69) is 12.0 Å². The van der Waals surface area contributed by atoms with Crippen molar-refractivity contribution in [2.24, 2.45) is 5.10 Å². The van der Waals surface area contributed by atoms with Gasteiger partial charge in [-0.1, -0.05) is 23.0 Å². The molecule has 0 aromatic heterocycles. The summed E-state index contributed by atoms with van der Waals surface area (Å²) in [7, 11) is 5.27. The van der Waals surface area contributed by atoms with Crippen LogP contribution in [0.5, 0.6) is 0 Å². The molecule has 90 valence electrons. The molecule has 0 aromatic rings. The number of nitrogens with zero attached hydrogens (tertiary/aromatic N) is 4. The van der Waals surface area contributed by atoms with Gasteiger partial charge in [0, 0.05) is 33.4 Å². The molecule has 16 heavy (non-hydrogen) atoms. The summed E-state index contributed by atoms with van der Waals surface area (Å²) < 4.78 is -0.0906. The first-order chi connectivity index (χ1) is 7.45. The highest BCUT2D eigenvalue weighted by molar-refractivity contribution is 7.80. The first-order valence-corrected chi connectivity index (χ1v) is 5.79. The lowest BCUT2D eigenvalue weighted by atomic mass is 10.3. The molecule has 2 amide bonds. The minimum absolute atomic E-state index is 0.0842. The zero-order chi connectivity index (χ0) is 12.3. The smallest absolute Gasteiger partial charge is 0.296 e. The fourth-order valence-electron chi connectivity index (χ4n) is 1.62. The summed E-state index contributed by atoms with van der Waals surface area (Å²) in [6.45, 7) is 2.72. The Labute approximate surface area is 102 Å². The Morgan fingerprint density at radius 2 is 2.25 bits per heavy atom. The van der Waals surface area contributed by atoms with E-state index in [9.17, 15) is 4.79 Å². The van der Waals surface area contributed by atoms with Crippen LogP contribution >= 0.6 is 12.2 Å². The third-order valence-electron chi connectivity index (χ3n) is 2.57. The average Bonchev–Trinajstić information content (AvgIpc) is 2.54. The van der Waals surface area contributed by atoms with Crippen molar-refractivity contribution in [1.29, 1.82) is 0 Å². The number of unbranched alkanes of at least 4 members (excludes halogenated alkanes) is 1. The Balaban J connectivity index is 2.99. The van der Waals surface area contributed by atoms with Crippen LogP contribution in [0.3, 0.4) is 0 Å². The van der Waals surface area contributed by atoms with Gasteiger partial charge in [-0.05, 0) is 6.42 Å². The van der Waals surface area contributed by atoms with Gasteiger partial charge in [-0.15, -0.1) is 0 Å². The van der Waals surface area contributed by atoms with Gasteiger partial charge in [0.25, 0.3) is 0 Å². The summed E-state index contributed by atoms with van der Waals surface area (Å²) in [6, 6.07) is -0.0842. The topological polar surface area (TPSA) is 35.9 Å². The number of hydrogen-bond donors (Lipinski definition) is 0. The van der Waals surface area contributed by atoms with Gasteiger partial charge in [0.1, 0.15) is 6.54 Å². The van der Waals surface area contributed by atoms with E-state index in [1.807, 2.05) is 7.05 Å². The molecule has 0 fully saturated rings. The summed E-state index contributed by atoms with van der Waals surface area (Å²) >= 11 is 5.31. The molecular weight excluding hydrogens is 224 g/mol. The minimum atomic E-state index is -0.0906. The van der Waals surface area contributed by atoms with E-state index in [-0.39, 0.29) is 10.6 Å². The first-order valence-electron chi connectivity index (χ1n) is 5.38. The number of urea groups is 1. The second kappa shape index (κ2) is 4.88. The van der Waals surface area contributed by atoms with E-state index in [4.69, 9.17) is 12.2 Å². The lowest BCUT2D eigenvalue weighted by Gasteiger charge is -2.27. The predicted octanol–water partition coefficient (Wildman–Crippen LogP) is 1.46. The lowest BCUT2D eigenvalue weighted by Crippen LogP contribution is -2.57. The maximum Gasteiger partial charge on any atom is 0.452 e.